The molecule has 1 fully saturated rings. The minimum Gasteiger partial charge on any atom is -0.348 e. The first kappa shape index (κ1) is 18.7. The first-order valence-corrected chi connectivity index (χ1v) is 9.27. The van der Waals surface area contributed by atoms with Crippen molar-refractivity contribution in [3.05, 3.63) is 23.3 Å². The van der Waals surface area contributed by atoms with E-state index >= 15 is 0 Å². The molecule has 0 atom stereocenters. The van der Waals surface area contributed by atoms with E-state index in [1.807, 2.05) is 40.8 Å². The molecule has 1 aliphatic heterocycles. The highest BCUT2D eigenvalue weighted by molar-refractivity contribution is 5.83. The van der Waals surface area contributed by atoms with E-state index in [4.69, 9.17) is 4.98 Å². The molecule has 0 unspecified atom stereocenters. The van der Waals surface area contributed by atoms with Gasteiger partial charge in [0.05, 0.1) is 24.5 Å². The molecule has 0 spiro atoms. The third-order valence-electron chi connectivity index (χ3n) is 4.90. The predicted octanol–water partition coefficient (Wildman–Crippen LogP) is 2.45. The summed E-state index contributed by atoms with van der Waals surface area (Å²) in [5.41, 5.74) is 2.51. The Kier molecular flexibility index (Phi) is 4.13. The lowest BCUT2D eigenvalue weighted by atomic mass is 9.96. The van der Waals surface area contributed by atoms with Gasteiger partial charge in [-0.25, -0.2) is 23.4 Å². The van der Waals surface area contributed by atoms with Gasteiger partial charge in [-0.2, -0.15) is 5.10 Å². The van der Waals surface area contributed by atoms with Crippen molar-refractivity contribution in [2.24, 2.45) is 7.05 Å². The maximum atomic E-state index is 13.8. The van der Waals surface area contributed by atoms with Crippen molar-refractivity contribution in [1.29, 1.82) is 0 Å². The monoisotopic (exact) mass is 390 g/mol. The Morgan fingerprint density at radius 3 is 2.54 bits per heavy atom. The Hall–Kier alpha value is -2.65. The molecule has 4 heterocycles. The summed E-state index contributed by atoms with van der Waals surface area (Å²) in [6, 6.07) is 1.97. The molecule has 28 heavy (non-hydrogen) atoms. The van der Waals surface area contributed by atoms with E-state index in [1.54, 1.807) is 14.3 Å². The number of aryl methyl sites for hydroxylation is 2. The maximum absolute atomic E-state index is 13.8. The Labute approximate surface area is 161 Å². The van der Waals surface area contributed by atoms with E-state index in [2.05, 4.69) is 20.4 Å². The quantitative estimate of drug-likeness (QED) is 0.684. The van der Waals surface area contributed by atoms with Crippen LogP contribution in [-0.4, -0.2) is 53.8 Å². The van der Waals surface area contributed by atoms with Crippen LogP contribution in [0.2, 0.25) is 0 Å². The van der Waals surface area contributed by atoms with E-state index in [-0.39, 0.29) is 24.9 Å². The van der Waals surface area contributed by atoms with Gasteiger partial charge in [-0.3, -0.25) is 4.68 Å². The Balaban J connectivity index is 1.83. The smallest absolute Gasteiger partial charge is 0.266 e. The Morgan fingerprint density at radius 2 is 1.96 bits per heavy atom. The molecule has 10 heteroatoms. The van der Waals surface area contributed by atoms with Crippen LogP contribution in [0.5, 0.6) is 0 Å². The molecule has 0 saturated carbocycles. The van der Waals surface area contributed by atoms with Crippen molar-refractivity contribution >= 4 is 17.0 Å². The zero-order valence-corrected chi connectivity index (χ0v) is 16.7. The first-order valence-electron chi connectivity index (χ1n) is 9.27. The van der Waals surface area contributed by atoms with Gasteiger partial charge >= 0.3 is 0 Å². The Morgan fingerprint density at radius 1 is 1.21 bits per heavy atom. The average Bonchev–Trinajstić information content (AvgIpc) is 3.24. The van der Waals surface area contributed by atoms with Crippen molar-refractivity contribution in [3.8, 4) is 0 Å². The van der Waals surface area contributed by atoms with E-state index in [0.29, 0.717) is 29.4 Å². The molecule has 4 rings (SSSR count). The fourth-order valence-corrected chi connectivity index (χ4v) is 3.39. The predicted molar refractivity (Wildman–Crippen MR) is 101 cm³/mol. The molecule has 8 nitrogen and oxygen atoms in total. The van der Waals surface area contributed by atoms with Crippen LogP contribution in [0, 0.1) is 6.92 Å². The maximum Gasteiger partial charge on any atom is 0.266 e. The number of alkyl halides is 2. The standard InChI is InChI=1S/C18H24F2N8/c1-11-8-12(26(5)24-11)9-28-15-13(23-25-28)14(21-16(22-15)17(2,3)4)27-7-6-18(19,20)10-27/h8H,6-7,9-10H2,1-5H3. The molecule has 0 radical (unpaired) electrons. The van der Waals surface area contributed by atoms with Crippen LogP contribution < -0.4 is 4.90 Å². The highest BCUT2D eigenvalue weighted by Crippen LogP contribution is 2.34. The van der Waals surface area contributed by atoms with E-state index in [1.165, 1.54) is 0 Å². The minimum atomic E-state index is -2.72. The lowest BCUT2D eigenvalue weighted by Gasteiger charge is -2.22. The second kappa shape index (κ2) is 6.18. The van der Waals surface area contributed by atoms with E-state index < -0.39 is 5.92 Å². The van der Waals surface area contributed by atoms with Gasteiger partial charge in [0.25, 0.3) is 5.92 Å². The number of anilines is 1. The van der Waals surface area contributed by atoms with Crippen LogP contribution in [0.3, 0.4) is 0 Å². The summed E-state index contributed by atoms with van der Waals surface area (Å²) in [6.07, 6.45) is -0.189. The van der Waals surface area contributed by atoms with Gasteiger partial charge in [0.2, 0.25) is 0 Å². The van der Waals surface area contributed by atoms with Crippen LogP contribution in [-0.2, 0) is 19.0 Å². The largest absolute Gasteiger partial charge is 0.348 e. The fraction of sp³-hybridized carbons (Fsp3) is 0.611. The van der Waals surface area contributed by atoms with Gasteiger partial charge in [0.1, 0.15) is 5.82 Å². The van der Waals surface area contributed by atoms with Crippen LogP contribution in [0.4, 0.5) is 14.6 Å². The number of rotatable bonds is 3. The topological polar surface area (TPSA) is 77.5 Å². The second-order valence-corrected chi connectivity index (χ2v) is 8.47. The summed E-state index contributed by atoms with van der Waals surface area (Å²) >= 11 is 0. The molecule has 0 aromatic carbocycles. The highest BCUT2D eigenvalue weighted by atomic mass is 19.3. The molecule has 3 aromatic rings. The van der Waals surface area contributed by atoms with Crippen molar-refractivity contribution in [2.45, 2.75) is 52.0 Å². The van der Waals surface area contributed by atoms with Gasteiger partial charge in [0.15, 0.2) is 17.0 Å². The number of fused-ring (bicyclic) bond motifs is 1. The van der Waals surface area contributed by atoms with Gasteiger partial charge < -0.3 is 4.90 Å². The van der Waals surface area contributed by atoms with Crippen LogP contribution in [0.1, 0.15) is 44.4 Å². The van der Waals surface area contributed by atoms with E-state index in [0.717, 1.165) is 11.4 Å². The zero-order chi connectivity index (χ0) is 20.3. The molecule has 0 bridgehead atoms. The van der Waals surface area contributed by atoms with Crippen molar-refractivity contribution in [1.82, 2.24) is 34.7 Å². The normalized spacial score (nSPS) is 17.0. The lowest BCUT2D eigenvalue weighted by Crippen LogP contribution is -2.27. The zero-order valence-electron chi connectivity index (χ0n) is 16.7. The van der Waals surface area contributed by atoms with Crippen LogP contribution >= 0.6 is 0 Å². The second-order valence-electron chi connectivity index (χ2n) is 8.47. The third-order valence-corrected chi connectivity index (χ3v) is 4.90. The highest BCUT2D eigenvalue weighted by Gasteiger charge is 2.40. The average molecular weight is 390 g/mol. The van der Waals surface area contributed by atoms with Crippen molar-refractivity contribution in [3.63, 3.8) is 0 Å². The van der Waals surface area contributed by atoms with Crippen molar-refractivity contribution in [2.75, 3.05) is 18.0 Å². The van der Waals surface area contributed by atoms with Crippen molar-refractivity contribution < 1.29 is 8.78 Å². The molecular formula is C18H24F2N8. The molecule has 150 valence electrons. The van der Waals surface area contributed by atoms with Gasteiger partial charge in [0, 0.05) is 25.4 Å². The number of hydrogen-bond donors (Lipinski definition) is 0. The molecule has 0 aliphatic carbocycles. The van der Waals surface area contributed by atoms with Gasteiger partial charge in [-0.05, 0) is 13.0 Å². The summed E-state index contributed by atoms with van der Waals surface area (Å²) in [5, 5.41) is 12.8. The number of nitrogens with zero attached hydrogens (tertiary/aromatic N) is 8. The number of halogens is 2. The Bertz CT molecular complexity index is 1030. The molecule has 0 N–H and O–H groups in total. The molecular weight excluding hydrogens is 366 g/mol. The fourth-order valence-electron chi connectivity index (χ4n) is 3.39. The summed E-state index contributed by atoms with van der Waals surface area (Å²) in [6.45, 7) is 8.21. The summed E-state index contributed by atoms with van der Waals surface area (Å²) in [5.74, 6) is -1.71. The number of hydrogen-bond acceptors (Lipinski definition) is 6. The summed E-state index contributed by atoms with van der Waals surface area (Å²) in [7, 11) is 1.87. The minimum absolute atomic E-state index is 0.189. The molecule has 1 saturated heterocycles. The first-order chi connectivity index (χ1) is 13.0. The SMILES string of the molecule is Cc1cc(Cn2nnc3c(N4CCC(F)(F)C4)nc(C(C)(C)C)nc32)n(C)n1. The van der Waals surface area contributed by atoms with Gasteiger partial charge in [-0.1, -0.05) is 26.0 Å². The number of aromatic nitrogens is 7. The van der Waals surface area contributed by atoms with E-state index in [9.17, 15) is 8.78 Å². The summed E-state index contributed by atoms with van der Waals surface area (Å²) in [4.78, 5) is 10.9. The summed E-state index contributed by atoms with van der Waals surface area (Å²) < 4.78 is 31.1. The van der Waals surface area contributed by atoms with Crippen LogP contribution in [0.15, 0.2) is 6.07 Å². The van der Waals surface area contributed by atoms with Crippen LogP contribution in [0.25, 0.3) is 11.2 Å². The molecule has 1 aliphatic rings. The molecule has 0 amide bonds. The lowest BCUT2D eigenvalue weighted by molar-refractivity contribution is 0.0257. The molecule has 3 aromatic heterocycles. The van der Waals surface area contributed by atoms with Gasteiger partial charge in [-0.15, -0.1) is 5.10 Å². The third kappa shape index (κ3) is 3.31.